The lowest BCUT2D eigenvalue weighted by Crippen LogP contribution is -2.58. The number of rotatable bonds is 3. The molecule has 2 amide bonds. The van der Waals surface area contributed by atoms with Crippen LogP contribution in [0.4, 0.5) is 0 Å². The van der Waals surface area contributed by atoms with Crippen molar-refractivity contribution in [3.8, 4) is 11.1 Å². The number of piperazine rings is 1. The number of carbonyl (C=O) groups is 2. The molecule has 2 aliphatic heterocycles. The van der Waals surface area contributed by atoms with Crippen LogP contribution < -0.4 is 0 Å². The highest BCUT2D eigenvalue weighted by molar-refractivity contribution is 5.95. The van der Waals surface area contributed by atoms with Crippen LogP contribution in [0, 0.1) is 5.41 Å². The second-order valence-electron chi connectivity index (χ2n) is 8.78. The maximum absolute atomic E-state index is 13.0. The number of hydrogen-bond donors (Lipinski definition) is 0. The lowest BCUT2D eigenvalue weighted by atomic mass is 9.86. The van der Waals surface area contributed by atoms with E-state index in [4.69, 9.17) is 4.74 Å². The molecule has 0 N–H and O–H groups in total. The van der Waals surface area contributed by atoms with Crippen LogP contribution >= 0.6 is 0 Å². The van der Waals surface area contributed by atoms with Gasteiger partial charge in [-0.25, -0.2) is 0 Å². The summed E-state index contributed by atoms with van der Waals surface area (Å²) in [5.41, 5.74) is 2.53. The molecule has 31 heavy (non-hydrogen) atoms. The smallest absolute Gasteiger partial charge is 0.253 e. The Morgan fingerprint density at radius 2 is 1.39 bits per heavy atom. The highest BCUT2D eigenvalue weighted by atomic mass is 16.5. The zero-order valence-corrected chi connectivity index (χ0v) is 17.7. The van der Waals surface area contributed by atoms with E-state index in [-0.39, 0.29) is 17.2 Å². The molecule has 158 valence electrons. The molecule has 5 rings (SSSR count). The van der Waals surface area contributed by atoms with Crippen molar-refractivity contribution < 1.29 is 14.3 Å². The predicted octanol–water partition coefficient (Wildman–Crippen LogP) is 3.83. The van der Waals surface area contributed by atoms with Gasteiger partial charge in [-0.1, -0.05) is 48.5 Å². The summed E-state index contributed by atoms with van der Waals surface area (Å²) < 4.78 is 5.22. The van der Waals surface area contributed by atoms with Crippen molar-refractivity contribution in [3.05, 3.63) is 72.3 Å². The van der Waals surface area contributed by atoms with Gasteiger partial charge < -0.3 is 14.5 Å². The average molecular weight is 415 g/mol. The number of ether oxygens (including phenoxy) is 1. The van der Waals surface area contributed by atoms with Crippen LogP contribution in [-0.4, -0.2) is 61.0 Å². The number of amides is 2. The van der Waals surface area contributed by atoms with Crippen molar-refractivity contribution >= 4 is 22.6 Å². The molecule has 2 aliphatic rings. The van der Waals surface area contributed by atoms with E-state index in [2.05, 4.69) is 30.3 Å². The highest BCUT2D eigenvalue weighted by Crippen LogP contribution is 2.30. The molecule has 0 unspecified atom stereocenters. The van der Waals surface area contributed by atoms with Gasteiger partial charge in [-0.15, -0.1) is 0 Å². The molecule has 0 aromatic heterocycles. The molecule has 0 aliphatic carbocycles. The summed E-state index contributed by atoms with van der Waals surface area (Å²) in [5.74, 6) is 0.168. The van der Waals surface area contributed by atoms with Gasteiger partial charge in [-0.2, -0.15) is 0 Å². The molecule has 2 heterocycles. The van der Waals surface area contributed by atoms with Crippen LogP contribution in [-0.2, 0) is 9.53 Å². The minimum atomic E-state index is -0.384. The van der Waals surface area contributed by atoms with E-state index in [1.807, 2.05) is 53.1 Å². The molecule has 2 saturated heterocycles. The third kappa shape index (κ3) is 3.70. The normalized spacial score (nSPS) is 18.0. The van der Waals surface area contributed by atoms with Crippen LogP contribution in [0.1, 0.15) is 17.3 Å². The molecule has 3 aromatic carbocycles. The largest absolute Gasteiger partial charge is 0.379 e. The molecule has 5 heteroatoms. The maximum atomic E-state index is 13.0. The van der Waals surface area contributed by atoms with Crippen molar-refractivity contribution in [2.75, 3.05) is 39.4 Å². The zero-order chi connectivity index (χ0) is 21.4. The van der Waals surface area contributed by atoms with E-state index in [1.54, 1.807) is 0 Å². The zero-order valence-electron chi connectivity index (χ0n) is 17.7. The van der Waals surface area contributed by atoms with Gasteiger partial charge in [0.2, 0.25) is 5.91 Å². The fraction of sp³-hybridized carbons (Fsp3) is 0.308. The monoisotopic (exact) mass is 414 g/mol. The Morgan fingerprint density at radius 3 is 2.03 bits per heavy atom. The summed E-state index contributed by atoms with van der Waals surface area (Å²) in [4.78, 5) is 29.3. The summed E-state index contributed by atoms with van der Waals surface area (Å²) in [6, 6.07) is 22.5. The molecular formula is C26H26N2O3. The van der Waals surface area contributed by atoms with E-state index < -0.39 is 0 Å². The Balaban J connectivity index is 1.24. The fourth-order valence-electron chi connectivity index (χ4n) is 4.38. The van der Waals surface area contributed by atoms with Crippen molar-refractivity contribution in [3.63, 3.8) is 0 Å². The van der Waals surface area contributed by atoms with Crippen LogP contribution in [0.15, 0.2) is 66.7 Å². The number of benzene rings is 3. The minimum absolute atomic E-state index is 0.0235. The summed E-state index contributed by atoms with van der Waals surface area (Å²) in [5, 5.41) is 2.42. The molecule has 0 radical (unpaired) electrons. The van der Waals surface area contributed by atoms with Gasteiger partial charge in [0, 0.05) is 31.7 Å². The third-order valence-electron chi connectivity index (χ3n) is 6.43. The summed E-state index contributed by atoms with van der Waals surface area (Å²) in [6.07, 6.45) is 0. The molecule has 0 bridgehead atoms. The Hall–Kier alpha value is -3.18. The molecule has 0 spiro atoms. The lowest BCUT2D eigenvalue weighted by Gasteiger charge is -2.43. The Morgan fingerprint density at radius 1 is 0.774 bits per heavy atom. The Labute approximate surface area is 182 Å². The van der Waals surface area contributed by atoms with Gasteiger partial charge in [0.1, 0.15) is 0 Å². The highest BCUT2D eigenvalue weighted by Gasteiger charge is 2.44. The molecule has 0 saturated carbocycles. The quantitative estimate of drug-likeness (QED) is 0.655. The SMILES string of the molecule is CC1(C(=O)N2CCN(C(=O)c3ccc(-c4ccc5ccccc5c4)cc3)CC2)COC1. The molecule has 3 aromatic rings. The first-order valence-corrected chi connectivity index (χ1v) is 10.8. The van der Waals surface area contributed by atoms with Gasteiger partial charge in [0.25, 0.3) is 5.91 Å². The Kier molecular flexibility index (Phi) is 4.98. The lowest BCUT2D eigenvalue weighted by molar-refractivity contribution is -0.170. The summed E-state index contributed by atoms with van der Waals surface area (Å²) >= 11 is 0. The van der Waals surface area contributed by atoms with Crippen LogP contribution in [0.25, 0.3) is 21.9 Å². The van der Waals surface area contributed by atoms with E-state index in [0.717, 1.165) is 11.1 Å². The molecular weight excluding hydrogens is 388 g/mol. The van der Waals surface area contributed by atoms with Gasteiger partial charge in [0.05, 0.1) is 18.6 Å². The van der Waals surface area contributed by atoms with Gasteiger partial charge in [0.15, 0.2) is 0 Å². The van der Waals surface area contributed by atoms with E-state index in [9.17, 15) is 9.59 Å². The van der Waals surface area contributed by atoms with Gasteiger partial charge in [-0.05, 0) is 47.0 Å². The third-order valence-corrected chi connectivity index (χ3v) is 6.43. The van der Waals surface area contributed by atoms with E-state index in [1.165, 1.54) is 10.8 Å². The van der Waals surface area contributed by atoms with Crippen molar-refractivity contribution in [1.82, 2.24) is 9.80 Å². The summed E-state index contributed by atoms with van der Waals surface area (Å²) in [6.45, 7) is 5.23. The summed E-state index contributed by atoms with van der Waals surface area (Å²) in [7, 11) is 0. The van der Waals surface area contributed by atoms with Gasteiger partial charge in [-0.3, -0.25) is 9.59 Å². The minimum Gasteiger partial charge on any atom is -0.379 e. The molecule has 2 fully saturated rings. The van der Waals surface area contributed by atoms with Crippen molar-refractivity contribution in [1.29, 1.82) is 0 Å². The average Bonchev–Trinajstić information content (AvgIpc) is 2.81. The first-order valence-electron chi connectivity index (χ1n) is 10.8. The number of fused-ring (bicyclic) bond motifs is 1. The molecule has 5 nitrogen and oxygen atoms in total. The first kappa shape index (κ1) is 19.8. The molecule has 0 atom stereocenters. The van der Waals surface area contributed by atoms with E-state index >= 15 is 0 Å². The van der Waals surface area contributed by atoms with Crippen molar-refractivity contribution in [2.24, 2.45) is 5.41 Å². The second kappa shape index (κ2) is 7.82. The number of nitrogens with zero attached hydrogens (tertiary/aromatic N) is 2. The predicted molar refractivity (Wildman–Crippen MR) is 121 cm³/mol. The standard InChI is InChI=1S/C26H26N2O3/c1-26(17-31-18-26)25(30)28-14-12-27(13-15-28)24(29)21-9-6-20(7-10-21)23-11-8-19-4-2-3-5-22(19)16-23/h2-11,16H,12-15,17-18H2,1H3. The topological polar surface area (TPSA) is 49.9 Å². The Bertz CT molecular complexity index is 1130. The van der Waals surface area contributed by atoms with Crippen LogP contribution in [0.5, 0.6) is 0 Å². The number of carbonyl (C=O) groups excluding carboxylic acids is 2. The fourth-order valence-corrected chi connectivity index (χ4v) is 4.38. The van der Waals surface area contributed by atoms with Crippen LogP contribution in [0.3, 0.4) is 0 Å². The van der Waals surface area contributed by atoms with Crippen LogP contribution in [0.2, 0.25) is 0 Å². The second-order valence-corrected chi connectivity index (χ2v) is 8.78. The number of hydrogen-bond acceptors (Lipinski definition) is 3. The van der Waals surface area contributed by atoms with Crippen molar-refractivity contribution in [2.45, 2.75) is 6.92 Å². The van der Waals surface area contributed by atoms with E-state index in [0.29, 0.717) is 45.0 Å². The van der Waals surface area contributed by atoms with Gasteiger partial charge >= 0.3 is 0 Å². The maximum Gasteiger partial charge on any atom is 0.253 e. The first-order chi connectivity index (χ1) is 15.0.